The first kappa shape index (κ1) is 35.3. The summed E-state index contributed by atoms with van der Waals surface area (Å²) >= 11 is 0. The van der Waals surface area contributed by atoms with Gasteiger partial charge in [-0.15, -0.1) is 0 Å². The molecular weight excluding hydrogens is 464 g/mol. The van der Waals surface area contributed by atoms with Crippen LogP contribution >= 0.6 is 0 Å². The Hall–Kier alpha value is -0.280. The van der Waals surface area contributed by atoms with Gasteiger partial charge in [0.25, 0.3) is 0 Å². The summed E-state index contributed by atoms with van der Waals surface area (Å²) in [6.45, 7) is -1.79. The zero-order valence-corrected chi connectivity index (χ0v) is 18.1. The summed E-state index contributed by atoms with van der Waals surface area (Å²) < 4.78 is 0. The van der Waals surface area contributed by atoms with Gasteiger partial charge in [0.15, 0.2) is 0 Å². The number of carbonyl (C=O) groups excluding carboxylic acids is 2. The van der Waals surface area contributed by atoms with Gasteiger partial charge in [0, 0.05) is 0 Å². The number of aliphatic hydroxyl groups excluding tert-OH is 12. The number of carboxylic acids is 2. The zero-order valence-electron chi connectivity index (χ0n) is 15.9. The maximum Gasteiger partial charge on any atom is 2.00 e. The molecule has 0 bridgehead atoms. The molecular formula is C14H26CaO16. The van der Waals surface area contributed by atoms with Gasteiger partial charge in [-0.1, -0.05) is 0 Å². The Bertz CT molecular complexity index is 465. The molecule has 0 aliphatic heterocycles. The molecule has 31 heavy (non-hydrogen) atoms. The van der Waals surface area contributed by atoms with Crippen molar-refractivity contribution in [2.24, 2.45) is 0 Å². The monoisotopic (exact) mass is 490 g/mol. The third-order valence-electron chi connectivity index (χ3n) is 3.69. The predicted octanol–water partition coefficient (Wildman–Crippen LogP) is -11.3. The van der Waals surface area contributed by atoms with Gasteiger partial charge in [0.05, 0.1) is 25.2 Å². The molecule has 0 rings (SSSR count). The van der Waals surface area contributed by atoms with Crippen LogP contribution in [-0.2, 0) is 9.59 Å². The average Bonchev–Trinajstić information content (AvgIpc) is 2.73. The van der Waals surface area contributed by atoms with Crippen molar-refractivity contribution >= 4 is 49.7 Å². The number of aliphatic hydroxyl groups is 12. The van der Waals surface area contributed by atoms with Crippen LogP contribution < -0.4 is 10.2 Å². The minimum atomic E-state index is -2.40. The Morgan fingerprint density at radius 1 is 0.516 bits per heavy atom. The van der Waals surface area contributed by atoms with E-state index in [0.29, 0.717) is 0 Å². The van der Waals surface area contributed by atoms with E-state index in [-0.39, 0.29) is 37.7 Å². The molecule has 180 valence electrons. The first-order valence-electron chi connectivity index (χ1n) is 8.09. The van der Waals surface area contributed by atoms with Gasteiger partial charge < -0.3 is 81.1 Å². The van der Waals surface area contributed by atoms with E-state index in [9.17, 15) is 19.8 Å². The van der Waals surface area contributed by atoms with E-state index in [2.05, 4.69) is 0 Å². The SMILES string of the molecule is O=C([O-])C(O)[C@H](O)[C@@H](O)[C@H](O)[C@H](O)CO.O=C([O-])[C@H](O)[C@H](O)C(O)[C@H](O)[C@H](O)CO.[Ca+2]. The van der Waals surface area contributed by atoms with Crippen molar-refractivity contribution in [3.8, 4) is 0 Å². The average molecular weight is 490 g/mol. The van der Waals surface area contributed by atoms with E-state index < -0.39 is 86.2 Å². The van der Waals surface area contributed by atoms with Crippen LogP contribution in [0.4, 0.5) is 0 Å². The molecule has 0 aromatic rings. The number of aliphatic carboxylic acids is 2. The molecule has 0 aliphatic rings. The summed E-state index contributed by atoms with van der Waals surface area (Å²) in [6, 6.07) is 0. The quantitative estimate of drug-likeness (QED) is 0.113. The summed E-state index contributed by atoms with van der Waals surface area (Å²) in [6.07, 6.45) is -21.0. The van der Waals surface area contributed by atoms with Crippen molar-refractivity contribution in [3.05, 3.63) is 0 Å². The van der Waals surface area contributed by atoms with Crippen LogP contribution in [0.5, 0.6) is 0 Å². The Morgan fingerprint density at radius 2 is 0.742 bits per heavy atom. The molecule has 16 nitrogen and oxygen atoms in total. The number of carboxylic acid groups (broad SMARTS) is 2. The van der Waals surface area contributed by atoms with Crippen LogP contribution in [0.1, 0.15) is 0 Å². The molecule has 17 heteroatoms. The molecule has 0 aliphatic carbocycles. The molecule has 10 atom stereocenters. The number of rotatable bonds is 12. The van der Waals surface area contributed by atoms with Crippen molar-refractivity contribution < 1.29 is 81.1 Å². The zero-order chi connectivity index (χ0) is 24.3. The second-order valence-corrected chi connectivity index (χ2v) is 5.97. The number of carbonyl (C=O) groups is 2. The van der Waals surface area contributed by atoms with Crippen molar-refractivity contribution in [2.75, 3.05) is 13.2 Å². The van der Waals surface area contributed by atoms with Crippen LogP contribution in [-0.4, -0.2) is 185 Å². The van der Waals surface area contributed by atoms with Gasteiger partial charge in [-0.2, -0.15) is 0 Å². The first-order valence-corrected chi connectivity index (χ1v) is 8.09. The van der Waals surface area contributed by atoms with Crippen LogP contribution in [0, 0.1) is 0 Å². The van der Waals surface area contributed by atoms with E-state index in [0.717, 1.165) is 0 Å². The van der Waals surface area contributed by atoms with Crippen LogP contribution in [0.2, 0.25) is 0 Å². The van der Waals surface area contributed by atoms with Gasteiger partial charge in [0.2, 0.25) is 0 Å². The maximum absolute atomic E-state index is 10.1. The Labute approximate surface area is 204 Å². The molecule has 0 saturated heterocycles. The summed E-state index contributed by atoms with van der Waals surface area (Å²) in [5.41, 5.74) is 0. The largest absolute Gasteiger partial charge is 2.00 e. The molecule has 2 unspecified atom stereocenters. The van der Waals surface area contributed by atoms with Crippen molar-refractivity contribution in [1.29, 1.82) is 0 Å². The van der Waals surface area contributed by atoms with E-state index in [1.54, 1.807) is 0 Å². The predicted molar refractivity (Wildman–Crippen MR) is 90.0 cm³/mol. The van der Waals surface area contributed by atoms with Gasteiger partial charge in [-0.3, -0.25) is 0 Å². The minimum absolute atomic E-state index is 0. The van der Waals surface area contributed by atoms with Gasteiger partial charge >= 0.3 is 37.7 Å². The maximum atomic E-state index is 10.1. The topological polar surface area (TPSA) is 323 Å². The van der Waals surface area contributed by atoms with Crippen molar-refractivity contribution in [1.82, 2.24) is 0 Å². The van der Waals surface area contributed by atoms with Crippen LogP contribution in [0.15, 0.2) is 0 Å². The summed E-state index contributed by atoms with van der Waals surface area (Å²) in [5, 5.41) is 126. The fraction of sp³-hybridized carbons (Fsp3) is 0.857. The molecule has 0 fully saturated rings. The fourth-order valence-corrected chi connectivity index (χ4v) is 1.73. The third kappa shape index (κ3) is 11.9. The molecule has 0 heterocycles. The minimum Gasteiger partial charge on any atom is -0.547 e. The van der Waals surface area contributed by atoms with E-state index >= 15 is 0 Å². The smallest absolute Gasteiger partial charge is 0.547 e. The van der Waals surface area contributed by atoms with Crippen molar-refractivity contribution in [3.63, 3.8) is 0 Å². The Morgan fingerprint density at radius 3 is 0.903 bits per heavy atom. The second-order valence-electron chi connectivity index (χ2n) is 5.97. The number of hydrogen-bond donors (Lipinski definition) is 12. The van der Waals surface area contributed by atoms with E-state index in [1.165, 1.54) is 0 Å². The molecule has 12 N–H and O–H groups in total. The van der Waals surface area contributed by atoms with E-state index in [4.69, 9.17) is 61.3 Å². The summed E-state index contributed by atoms with van der Waals surface area (Å²) in [4.78, 5) is 20.2. The van der Waals surface area contributed by atoms with Crippen LogP contribution in [0.3, 0.4) is 0 Å². The molecule has 0 saturated carbocycles. The molecule has 0 radical (unpaired) electrons. The van der Waals surface area contributed by atoms with Crippen LogP contribution in [0.25, 0.3) is 0 Å². The normalized spacial score (nSPS) is 20.8. The first-order chi connectivity index (χ1) is 13.6. The fourth-order valence-electron chi connectivity index (χ4n) is 1.73. The molecule has 0 spiro atoms. The van der Waals surface area contributed by atoms with Gasteiger partial charge in [-0.25, -0.2) is 0 Å². The van der Waals surface area contributed by atoms with Crippen molar-refractivity contribution in [2.45, 2.75) is 61.0 Å². The Kier molecular flexibility index (Phi) is 19.6. The molecule has 0 aromatic heterocycles. The Balaban J connectivity index is -0.000000490. The third-order valence-corrected chi connectivity index (χ3v) is 3.69. The molecule has 0 amide bonds. The van der Waals surface area contributed by atoms with E-state index in [1.807, 2.05) is 0 Å². The molecule has 0 aromatic carbocycles. The second kappa shape index (κ2) is 17.2. The van der Waals surface area contributed by atoms with Gasteiger partial charge in [0.1, 0.15) is 61.0 Å². The summed E-state index contributed by atoms with van der Waals surface area (Å²) in [7, 11) is 0. The number of hydrogen-bond acceptors (Lipinski definition) is 16. The standard InChI is InChI=1S/2C7H14O8.Ca/c2*8-1-2(9)3(10)4(11)5(12)6(13)7(14)15;/h2*2-6,8-13H,1H2,(H,14,15);/q;;+2/p-2/t2-,3-,4?,5-,6-;2-,3-,4+,5-,6?;/m11./s1. The summed E-state index contributed by atoms with van der Waals surface area (Å²) in [5.74, 6) is -4.07. The van der Waals surface area contributed by atoms with Gasteiger partial charge in [-0.05, 0) is 0 Å².